The van der Waals surface area contributed by atoms with Crippen LogP contribution in [-0.2, 0) is 18.2 Å². The van der Waals surface area contributed by atoms with E-state index in [9.17, 15) is 0 Å². The molecular weight excluding hydrogens is 250 g/mol. The maximum Gasteiger partial charge on any atom is 0.111 e. The molecular formula is C16H25N3O. The molecule has 1 unspecified atom stereocenters. The van der Waals surface area contributed by atoms with Crippen LogP contribution in [0.25, 0.3) is 11.0 Å². The lowest BCUT2D eigenvalue weighted by atomic mass is 10.1. The fourth-order valence-electron chi connectivity index (χ4n) is 2.19. The monoisotopic (exact) mass is 275 g/mol. The number of fused-ring (bicyclic) bond motifs is 1. The molecule has 0 saturated heterocycles. The largest absolute Gasteiger partial charge is 0.374 e. The topological polar surface area (TPSA) is 39.1 Å². The summed E-state index contributed by atoms with van der Waals surface area (Å²) in [6, 6.07) is 8.50. The van der Waals surface area contributed by atoms with Crippen molar-refractivity contribution in [3.05, 3.63) is 30.1 Å². The number of ether oxygens (including phenoxy) is 1. The summed E-state index contributed by atoms with van der Waals surface area (Å²) in [5.41, 5.74) is 2.12. The van der Waals surface area contributed by atoms with Crippen LogP contribution in [0.5, 0.6) is 0 Å². The Morgan fingerprint density at radius 2 is 2.00 bits per heavy atom. The summed E-state index contributed by atoms with van der Waals surface area (Å²) in [6.07, 6.45) is 0.859. The molecule has 0 aliphatic rings. The molecule has 4 heteroatoms. The van der Waals surface area contributed by atoms with Gasteiger partial charge in [-0.05, 0) is 40.0 Å². The molecule has 1 N–H and O–H groups in total. The molecule has 0 aliphatic heterocycles. The van der Waals surface area contributed by atoms with Gasteiger partial charge in [-0.25, -0.2) is 4.98 Å². The van der Waals surface area contributed by atoms with E-state index in [1.165, 1.54) is 5.52 Å². The number of imidazole rings is 1. The summed E-state index contributed by atoms with van der Waals surface area (Å²) >= 11 is 0. The maximum absolute atomic E-state index is 5.87. The van der Waals surface area contributed by atoms with Gasteiger partial charge < -0.3 is 14.6 Å². The zero-order valence-corrected chi connectivity index (χ0v) is 13.1. The highest BCUT2D eigenvalue weighted by molar-refractivity contribution is 5.75. The summed E-state index contributed by atoms with van der Waals surface area (Å²) < 4.78 is 8.03. The molecule has 0 aliphatic carbocycles. The second-order valence-corrected chi connectivity index (χ2v) is 6.19. The van der Waals surface area contributed by atoms with Crippen LogP contribution in [0.1, 0.15) is 26.6 Å². The van der Waals surface area contributed by atoms with Crippen molar-refractivity contribution < 1.29 is 4.74 Å². The minimum absolute atomic E-state index is 0.110. The third-order valence-electron chi connectivity index (χ3n) is 3.43. The first-order valence-corrected chi connectivity index (χ1v) is 7.12. The fraction of sp³-hybridized carbons (Fsp3) is 0.562. The average molecular weight is 275 g/mol. The molecule has 0 spiro atoms. The molecule has 20 heavy (non-hydrogen) atoms. The van der Waals surface area contributed by atoms with Crippen molar-refractivity contribution in [1.82, 2.24) is 14.9 Å². The van der Waals surface area contributed by atoms with Gasteiger partial charge >= 0.3 is 0 Å². The zero-order valence-electron chi connectivity index (χ0n) is 13.1. The molecule has 1 aromatic carbocycles. The molecule has 2 aromatic rings. The van der Waals surface area contributed by atoms with Crippen LogP contribution < -0.4 is 5.32 Å². The van der Waals surface area contributed by atoms with E-state index in [2.05, 4.69) is 49.8 Å². The van der Waals surface area contributed by atoms with Crippen LogP contribution in [0, 0.1) is 0 Å². The second kappa shape index (κ2) is 5.94. The van der Waals surface area contributed by atoms with Crippen molar-refractivity contribution in [2.75, 3.05) is 13.7 Å². The number of benzene rings is 1. The first-order chi connectivity index (χ1) is 9.40. The van der Waals surface area contributed by atoms with Crippen LogP contribution in [0.4, 0.5) is 0 Å². The van der Waals surface area contributed by atoms with E-state index in [-0.39, 0.29) is 11.6 Å². The molecule has 2 rings (SSSR count). The first-order valence-electron chi connectivity index (χ1n) is 7.12. The van der Waals surface area contributed by atoms with E-state index < -0.39 is 0 Å². The lowest BCUT2D eigenvalue weighted by molar-refractivity contribution is -0.0137. The Morgan fingerprint density at radius 3 is 2.60 bits per heavy atom. The third kappa shape index (κ3) is 3.58. The van der Waals surface area contributed by atoms with Crippen LogP contribution in [0.2, 0.25) is 0 Å². The molecule has 0 saturated carbocycles. The van der Waals surface area contributed by atoms with Gasteiger partial charge in [-0.15, -0.1) is 0 Å². The Hall–Kier alpha value is -1.39. The van der Waals surface area contributed by atoms with Crippen molar-refractivity contribution in [3.63, 3.8) is 0 Å². The van der Waals surface area contributed by atoms with Crippen LogP contribution in [0.3, 0.4) is 0 Å². The lowest BCUT2D eigenvalue weighted by Crippen LogP contribution is -2.36. The van der Waals surface area contributed by atoms with Crippen molar-refractivity contribution >= 4 is 11.0 Å². The number of aromatic nitrogens is 2. The van der Waals surface area contributed by atoms with Gasteiger partial charge in [-0.3, -0.25) is 0 Å². The van der Waals surface area contributed by atoms with Crippen LogP contribution >= 0.6 is 0 Å². The summed E-state index contributed by atoms with van der Waals surface area (Å²) in [4.78, 5) is 4.71. The summed E-state index contributed by atoms with van der Waals surface area (Å²) in [5, 5.41) is 3.32. The standard InChI is InChI=1S/C16H25N3O/c1-16(2,3)20-11-12(17-4)10-15-18-13-8-6-7-9-14(13)19(15)5/h6-9,12,17H,10-11H2,1-5H3. The van der Waals surface area contributed by atoms with Gasteiger partial charge in [-0.2, -0.15) is 0 Å². The normalized spacial score (nSPS) is 13.8. The van der Waals surface area contributed by atoms with E-state index in [4.69, 9.17) is 9.72 Å². The van der Waals surface area contributed by atoms with Crippen molar-refractivity contribution in [3.8, 4) is 0 Å². The van der Waals surface area contributed by atoms with E-state index in [0.29, 0.717) is 6.61 Å². The van der Waals surface area contributed by atoms with Gasteiger partial charge in [0.15, 0.2) is 0 Å². The maximum atomic E-state index is 5.87. The number of aryl methyl sites for hydroxylation is 1. The van der Waals surface area contributed by atoms with E-state index in [1.54, 1.807) is 0 Å². The molecule has 0 fully saturated rings. The minimum Gasteiger partial charge on any atom is -0.374 e. The second-order valence-electron chi connectivity index (χ2n) is 6.19. The zero-order chi connectivity index (χ0) is 14.8. The lowest BCUT2D eigenvalue weighted by Gasteiger charge is -2.24. The van der Waals surface area contributed by atoms with E-state index >= 15 is 0 Å². The number of para-hydroxylation sites is 2. The average Bonchev–Trinajstić information content (AvgIpc) is 2.71. The smallest absolute Gasteiger partial charge is 0.111 e. The summed E-state index contributed by atoms with van der Waals surface area (Å²) in [5.74, 6) is 1.09. The molecule has 0 amide bonds. The fourth-order valence-corrected chi connectivity index (χ4v) is 2.19. The predicted molar refractivity (Wildman–Crippen MR) is 83.0 cm³/mol. The Morgan fingerprint density at radius 1 is 1.30 bits per heavy atom. The Bertz CT molecular complexity index is 569. The molecule has 0 bridgehead atoms. The number of rotatable bonds is 5. The summed E-state index contributed by atoms with van der Waals surface area (Å²) in [7, 11) is 4.04. The van der Waals surface area contributed by atoms with Gasteiger partial charge in [-0.1, -0.05) is 12.1 Å². The highest BCUT2D eigenvalue weighted by Gasteiger charge is 2.17. The molecule has 1 heterocycles. The molecule has 4 nitrogen and oxygen atoms in total. The van der Waals surface area contributed by atoms with E-state index in [1.807, 2.05) is 19.2 Å². The number of nitrogens with zero attached hydrogens (tertiary/aromatic N) is 2. The molecule has 1 atom stereocenters. The minimum atomic E-state index is -0.110. The number of nitrogens with one attached hydrogen (secondary N) is 1. The summed E-state index contributed by atoms with van der Waals surface area (Å²) in [6.45, 7) is 6.92. The van der Waals surface area contributed by atoms with E-state index in [0.717, 1.165) is 17.8 Å². The van der Waals surface area contributed by atoms with Crippen molar-refractivity contribution in [1.29, 1.82) is 0 Å². The van der Waals surface area contributed by atoms with Gasteiger partial charge in [0.2, 0.25) is 0 Å². The highest BCUT2D eigenvalue weighted by Crippen LogP contribution is 2.16. The number of hydrogen-bond donors (Lipinski definition) is 1. The number of likely N-dealkylation sites (N-methyl/N-ethyl adjacent to an activating group) is 1. The quantitative estimate of drug-likeness (QED) is 0.911. The Labute approximate surface area is 121 Å². The molecule has 110 valence electrons. The SMILES string of the molecule is CNC(COC(C)(C)C)Cc1nc2ccccc2n1C. The van der Waals surface area contributed by atoms with Crippen molar-refractivity contribution in [2.45, 2.75) is 38.8 Å². The van der Waals surface area contributed by atoms with Crippen LogP contribution in [-0.4, -0.2) is 34.8 Å². The van der Waals surface area contributed by atoms with Gasteiger partial charge in [0.1, 0.15) is 5.82 Å². The van der Waals surface area contributed by atoms with Gasteiger partial charge in [0, 0.05) is 19.5 Å². The van der Waals surface area contributed by atoms with Crippen LogP contribution in [0.15, 0.2) is 24.3 Å². The number of hydrogen-bond acceptors (Lipinski definition) is 3. The first kappa shape index (κ1) is 15.0. The molecule has 1 aromatic heterocycles. The van der Waals surface area contributed by atoms with Gasteiger partial charge in [0.25, 0.3) is 0 Å². The van der Waals surface area contributed by atoms with Gasteiger partial charge in [0.05, 0.1) is 23.2 Å². The molecule has 0 radical (unpaired) electrons. The van der Waals surface area contributed by atoms with Crippen molar-refractivity contribution in [2.24, 2.45) is 7.05 Å². The third-order valence-corrected chi connectivity index (χ3v) is 3.43. The Balaban J connectivity index is 2.11. The Kier molecular flexibility index (Phi) is 4.45. The highest BCUT2D eigenvalue weighted by atomic mass is 16.5. The predicted octanol–water partition coefficient (Wildman–Crippen LogP) is 2.52.